The van der Waals surface area contributed by atoms with E-state index in [1.54, 1.807) is 10.8 Å². The zero-order chi connectivity index (χ0) is 17.8. The van der Waals surface area contributed by atoms with E-state index in [1.807, 2.05) is 12.1 Å². The Bertz CT molecular complexity index is 706. The van der Waals surface area contributed by atoms with Gasteiger partial charge in [-0.05, 0) is 37.3 Å². The Morgan fingerprint density at radius 2 is 2.12 bits per heavy atom. The normalized spacial score (nSPS) is 17.2. The van der Waals surface area contributed by atoms with Crippen molar-refractivity contribution < 1.29 is 4.79 Å². The van der Waals surface area contributed by atoms with Crippen LogP contribution in [0.4, 0.5) is 5.82 Å². The van der Waals surface area contributed by atoms with E-state index in [9.17, 15) is 4.79 Å². The quantitative estimate of drug-likeness (QED) is 0.804. The number of aromatic nitrogens is 4. The molecule has 2 aromatic heterocycles. The number of piperidine rings is 1. The monoisotopic (exact) mass is 345 g/mol. The summed E-state index contributed by atoms with van der Waals surface area (Å²) in [4.78, 5) is 14.7. The summed E-state index contributed by atoms with van der Waals surface area (Å²) in [6, 6.07) is 3.94. The first-order valence-electron chi connectivity index (χ1n) is 8.99. The van der Waals surface area contributed by atoms with E-state index in [0.717, 1.165) is 43.8 Å². The molecule has 1 unspecified atom stereocenters. The molecule has 3 heterocycles. The van der Waals surface area contributed by atoms with E-state index < -0.39 is 0 Å². The van der Waals surface area contributed by atoms with Crippen molar-refractivity contribution in [3.8, 4) is 0 Å². The molecule has 136 valence electrons. The van der Waals surface area contributed by atoms with Crippen molar-refractivity contribution in [2.75, 3.05) is 24.5 Å². The summed E-state index contributed by atoms with van der Waals surface area (Å²) in [6.45, 7) is 6.41. The summed E-state index contributed by atoms with van der Waals surface area (Å²) in [7, 11) is 0. The SMILES string of the molecule is CC(C)CC(CN)NC(=O)C1CCN(c2ccc3nncn3n2)CC1. The average molecular weight is 345 g/mol. The number of nitrogens with one attached hydrogen (secondary N) is 1. The standard InChI is InChI=1S/C17H27N7O/c1-12(2)9-14(10-18)20-17(25)13-5-7-23(8-6-13)16-4-3-15-21-19-11-24(15)22-16/h3-4,11-14H,5-10,18H2,1-2H3,(H,20,25). The Hall–Kier alpha value is -2.22. The number of carbonyl (C=O) groups is 1. The molecule has 3 rings (SSSR count). The number of anilines is 1. The number of hydrogen-bond acceptors (Lipinski definition) is 6. The van der Waals surface area contributed by atoms with Crippen LogP contribution in [0.5, 0.6) is 0 Å². The molecule has 0 spiro atoms. The van der Waals surface area contributed by atoms with Crippen LogP contribution in [-0.4, -0.2) is 51.4 Å². The van der Waals surface area contributed by atoms with E-state index >= 15 is 0 Å². The minimum atomic E-state index is 0.0519. The minimum absolute atomic E-state index is 0.0519. The van der Waals surface area contributed by atoms with Crippen LogP contribution in [0.2, 0.25) is 0 Å². The van der Waals surface area contributed by atoms with Crippen molar-refractivity contribution in [1.82, 2.24) is 25.1 Å². The first kappa shape index (κ1) is 17.6. The van der Waals surface area contributed by atoms with Crippen molar-refractivity contribution in [2.45, 2.75) is 39.2 Å². The van der Waals surface area contributed by atoms with Gasteiger partial charge in [-0.1, -0.05) is 13.8 Å². The molecule has 1 atom stereocenters. The van der Waals surface area contributed by atoms with Gasteiger partial charge in [0.2, 0.25) is 5.91 Å². The highest BCUT2D eigenvalue weighted by Gasteiger charge is 2.27. The molecule has 0 bridgehead atoms. The second-order valence-electron chi connectivity index (χ2n) is 7.16. The van der Waals surface area contributed by atoms with Crippen molar-refractivity contribution in [3.63, 3.8) is 0 Å². The summed E-state index contributed by atoms with van der Waals surface area (Å²) >= 11 is 0. The lowest BCUT2D eigenvalue weighted by molar-refractivity contribution is -0.126. The van der Waals surface area contributed by atoms with Crippen LogP contribution in [0.25, 0.3) is 5.65 Å². The summed E-state index contributed by atoms with van der Waals surface area (Å²) in [6.07, 6.45) is 4.17. The van der Waals surface area contributed by atoms with Crippen LogP contribution in [0.1, 0.15) is 33.1 Å². The van der Waals surface area contributed by atoms with Gasteiger partial charge in [-0.3, -0.25) is 4.79 Å². The molecule has 2 aromatic rings. The molecular formula is C17H27N7O. The van der Waals surface area contributed by atoms with Crippen LogP contribution in [0.3, 0.4) is 0 Å². The van der Waals surface area contributed by atoms with Gasteiger partial charge in [0.1, 0.15) is 12.1 Å². The molecule has 3 N–H and O–H groups in total. The van der Waals surface area contributed by atoms with Crippen molar-refractivity contribution in [2.24, 2.45) is 17.6 Å². The fourth-order valence-corrected chi connectivity index (χ4v) is 3.36. The van der Waals surface area contributed by atoms with Crippen LogP contribution in [0, 0.1) is 11.8 Å². The lowest BCUT2D eigenvalue weighted by atomic mass is 9.94. The highest BCUT2D eigenvalue weighted by atomic mass is 16.2. The Morgan fingerprint density at radius 1 is 1.36 bits per heavy atom. The third kappa shape index (κ3) is 4.25. The van der Waals surface area contributed by atoms with Crippen molar-refractivity contribution >= 4 is 17.4 Å². The number of amides is 1. The molecule has 0 saturated carbocycles. The van der Waals surface area contributed by atoms with E-state index in [1.165, 1.54) is 0 Å². The zero-order valence-corrected chi connectivity index (χ0v) is 14.9. The average Bonchev–Trinajstić information content (AvgIpc) is 3.08. The number of fused-ring (bicyclic) bond motifs is 1. The molecule has 1 saturated heterocycles. The molecule has 25 heavy (non-hydrogen) atoms. The Balaban J connectivity index is 1.54. The summed E-state index contributed by atoms with van der Waals surface area (Å²) in [5.41, 5.74) is 6.52. The predicted octanol–water partition coefficient (Wildman–Crippen LogP) is 0.830. The Kier molecular flexibility index (Phi) is 5.47. The first-order valence-corrected chi connectivity index (χ1v) is 8.99. The van der Waals surface area contributed by atoms with Gasteiger partial charge >= 0.3 is 0 Å². The third-order valence-corrected chi connectivity index (χ3v) is 4.72. The highest BCUT2D eigenvalue weighted by Crippen LogP contribution is 2.22. The van der Waals surface area contributed by atoms with E-state index in [2.05, 4.69) is 39.4 Å². The number of nitrogens with zero attached hydrogens (tertiary/aromatic N) is 5. The van der Waals surface area contributed by atoms with E-state index in [4.69, 9.17) is 5.73 Å². The number of nitrogens with two attached hydrogens (primary N) is 1. The molecule has 1 aliphatic heterocycles. The van der Waals surface area contributed by atoms with Crippen LogP contribution >= 0.6 is 0 Å². The van der Waals surface area contributed by atoms with E-state index in [-0.39, 0.29) is 17.9 Å². The molecule has 0 aromatic carbocycles. The maximum absolute atomic E-state index is 12.5. The fourth-order valence-electron chi connectivity index (χ4n) is 3.36. The number of carbonyl (C=O) groups excluding carboxylic acids is 1. The minimum Gasteiger partial charge on any atom is -0.355 e. The van der Waals surface area contributed by atoms with Gasteiger partial charge in [-0.25, -0.2) is 0 Å². The lowest BCUT2D eigenvalue weighted by Gasteiger charge is -2.32. The molecule has 0 aliphatic carbocycles. The van der Waals surface area contributed by atoms with Gasteiger partial charge in [-0.15, -0.1) is 15.3 Å². The van der Waals surface area contributed by atoms with Crippen LogP contribution in [0.15, 0.2) is 18.5 Å². The highest BCUT2D eigenvalue weighted by molar-refractivity contribution is 5.79. The van der Waals surface area contributed by atoms with Crippen LogP contribution in [-0.2, 0) is 4.79 Å². The lowest BCUT2D eigenvalue weighted by Crippen LogP contribution is -2.46. The second-order valence-corrected chi connectivity index (χ2v) is 7.16. The largest absolute Gasteiger partial charge is 0.355 e. The zero-order valence-electron chi connectivity index (χ0n) is 14.9. The molecule has 1 aliphatic rings. The molecular weight excluding hydrogens is 318 g/mol. The van der Waals surface area contributed by atoms with Crippen LogP contribution < -0.4 is 16.0 Å². The summed E-state index contributed by atoms with van der Waals surface area (Å²) in [5, 5.41) is 15.5. The molecule has 0 radical (unpaired) electrons. The van der Waals surface area contributed by atoms with Gasteiger partial charge in [0.25, 0.3) is 0 Å². The Morgan fingerprint density at radius 3 is 2.80 bits per heavy atom. The van der Waals surface area contributed by atoms with Crippen molar-refractivity contribution in [3.05, 3.63) is 18.5 Å². The van der Waals surface area contributed by atoms with Gasteiger partial charge in [0.15, 0.2) is 5.65 Å². The molecule has 1 amide bonds. The molecule has 8 heteroatoms. The molecule has 8 nitrogen and oxygen atoms in total. The maximum Gasteiger partial charge on any atom is 0.223 e. The smallest absolute Gasteiger partial charge is 0.223 e. The number of hydrogen-bond donors (Lipinski definition) is 2. The second kappa shape index (κ2) is 7.77. The van der Waals surface area contributed by atoms with Gasteiger partial charge < -0.3 is 16.0 Å². The van der Waals surface area contributed by atoms with Crippen molar-refractivity contribution in [1.29, 1.82) is 0 Å². The van der Waals surface area contributed by atoms with E-state index in [0.29, 0.717) is 12.5 Å². The third-order valence-electron chi connectivity index (χ3n) is 4.72. The van der Waals surface area contributed by atoms with Gasteiger partial charge in [0, 0.05) is 31.6 Å². The summed E-state index contributed by atoms with van der Waals surface area (Å²) < 4.78 is 1.67. The fraction of sp³-hybridized carbons (Fsp3) is 0.647. The first-order chi connectivity index (χ1) is 12.1. The topological polar surface area (TPSA) is 101 Å². The summed E-state index contributed by atoms with van der Waals surface area (Å²) in [5.74, 6) is 1.61. The van der Waals surface area contributed by atoms with Gasteiger partial charge in [0.05, 0.1) is 0 Å². The maximum atomic E-state index is 12.5. The molecule has 1 fully saturated rings. The Labute approximate surface area is 147 Å². The number of rotatable bonds is 6. The van der Waals surface area contributed by atoms with Gasteiger partial charge in [-0.2, -0.15) is 4.52 Å². The predicted molar refractivity (Wildman–Crippen MR) is 96.2 cm³/mol.